The highest BCUT2D eigenvalue weighted by molar-refractivity contribution is 5.79. The van der Waals surface area contributed by atoms with Gasteiger partial charge in [0.05, 0.1) is 18.8 Å². The molecule has 0 unspecified atom stereocenters. The minimum Gasteiger partial charge on any atom is -0.497 e. The lowest BCUT2D eigenvalue weighted by molar-refractivity contribution is -0.182. The van der Waals surface area contributed by atoms with Crippen molar-refractivity contribution in [2.75, 3.05) is 31.6 Å². The summed E-state index contributed by atoms with van der Waals surface area (Å²) < 4.78 is 16.4. The normalized spacial score (nSPS) is 21.5. The second-order valence-corrected chi connectivity index (χ2v) is 8.34. The lowest BCUT2D eigenvalue weighted by Crippen LogP contribution is -2.52. The molecule has 8 nitrogen and oxygen atoms in total. The van der Waals surface area contributed by atoms with Crippen molar-refractivity contribution in [1.29, 1.82) is 0 Å². The Labute approximate surface area is 170 Å². The summed E-state index contributed by atoms with van der Waals surface area (Å²) in [6, 6.07) is 8.03. The Bertz CT molecular complexity index is 833. The van der Waals surface area contributed by atoms with Crippen LogP contribution in [0.5, 0.6) is 5.75 Å². The number of aromatic nitrogens is 2. The van der Waals surface area contributed by atoms with Gasteiger partial charge in [0.15, 0.2) is 0 Å². The highest BCUT2D eigenvalue weighted by Crippen LogP contribution is 2.31. The molecular weight excluding hydrogens is 372 g/mol. The van der Waals surface area contributed by atoms with Gasteiger partial charge in [-0.3, -0.25) is 4.79 Å². The van der Waals surface area contributed by atoms with Crippen LogP contribution in [0, 0.1) is 5.92 Å². The molecule has 2 aliphatic rings. The lowest BCUT2D eigenvalue weighted by Gasteiger charge is -2.43. The van der Waals surface area contributed by atoms with Gasteiger partial charge in [-0.05, 0) is 51.0 Å². The molecule has 29 heavy (non-hydrogen) atoms. The molecule has 0 aliphatic carbocycles. The van der Waals surface area contributed by atoms with Crippen molar-refractivity contribution in [2.24, 2.45) is 5.92 Å². The van der Waals surface area contributed by atoms with Gasteiger partial charge in [-0.2, -0.15) is 4.98 Å². The van der Waals surface area contributed by atoms with Gasteiger partial charge >= 0.3 is 6.01 Å². The van der Waals surface area contributed by atoms with Gasteiger partial charge in [0.1, 0.15) is 5.75 Å². The van der Waals surface area contributed by atoms with Crippen LogP contribution in [0.1, 0.15) is 33.1 Å². The summed E-state index contributed by atoms with van der Waals surface area (Å²) in [6.07, 6.45) is 2.66. The molecule has 1 N–H and O–H groups in total. The molecule has 156 valence electrons. The first-order chi connectivity index (χ1) is 13.9. The Hall–Kier alpha value is -2.61. The highest BCUT2D eigenvalue weighted by Gasteiger charge is 2.37. The summed E-state index contributed by atoms with van der Waals surface area (Å²) in [6.45, 7) is 6.17. The number of piperidine rings is 1. The molecule has 0 bridgehead atoms. The third-order valence-corrected chi connectivity index (χ3v) is 5.61. The van der Waals surface area contributed by atoms with Crippen LogP contribution in [0.4, 0.5) is 6.01 Å². The van der Waals surface area contributed by atoms with E-state index in [4.69, 9.17) is 14.0 Å². The Balaban J connectivity index is 1.26. The van der Waals surface area contributed by atoms with Gasteiger partial charge in [0, 0.05) is 37.5 Å². The van der Waals surface area contributed by atoms with E-state index in [2.05, 4.69) is 29.3 Å². The van der Waals surface area contributed by atoms with Crippen LogP contribution in [0.2, 0.25) is 0 Å². The first kappa shape index (κ1) is 19.7. The molecule has 1 aromatic heterocycles. The highest BCUT2D eigenvalue weighted by atomic mass is 16.5. The number of nitrogens with one attached hydrogen (secondary N) is 1. The van der Waals surface area contributed by atoms with Crippen molar-refractivity contribution in [1.82, 2.24) is 15.5 Å². The fraction of sp³-hybridized carbons (Fsp3) is 0.571. The first-order valence-electron chi connectivity index (χ1n) is 10.1. The summed E-state index contributed by atoms with van der Waals surface area (Å²) >= 11 is 0. The van der Waals surface area contributed by atoms with E-state index in [1.165, 1.54) is 0 Å². The molecule has 1 atom stereocenters. The number of carbonyl (C=O) groups excluding carboxylic acids is 1. The van der Waals surface area contributed by atoms with Crippen molar-refractivity contribution >= 4 is 11.9 Å². The number of ether oxygens (including phenoxy) is 2. The van der Waals surface area contributed by atoms with E-state index in [9.17, 15) is 4.79 Å². The Kier molecular flexibility index (Phi) is 5.45. The zero-order valence-corrected chi connectivity index (χ0v) is 17.2. The average molecular weight is 400 g/mol. The number of anilines is 1. The Morgan fingerprint density at radius 3 is 2.59 bits per heavy atom. The molecule has 8 heteroatoms. The number of amides is 1. The largest absolute Gasteiger partial charge is 0.497 e. The fourth-order valence-corrected chi connectivity index (χ4v) is 4.00. The standard InChI is InChI=1S/C21H28N4O4/c1-21(2)12-17(28-21)13-22-19(26)15-8-10-25(11-9-15)20-23-18(24-29-20)14-4-6-16(27-3)7-5-14/h4-7,15,17H,8-13H2,1-3H3,(H,22,26)/t17-/m1/s1. The van der Waals surface area contributed by atoms with Gasteiger partial charge in [-0.15, -0.1) is 0 Å². The van der Waals surface area contributed by atoms with Crippen molar-refractivity contribution in [3.63, 3.8) is 0 Å². The number of benzene rings is 1. The molecule has 4 rings (SSSR count). The quantitative estimate of drug-likeness (QED) is 0.797. The van der Waals surface area contributed by atoms with Crippen molar-refractivity contribution in [2.45, 2.75) is 44.8 Å². The molecule has 1 amide bonds. The maximum Gasteiger partial charge on any atom is 0.324 e. The predicted octanol–water partition coefficient (Wildman–Crippen LogP) is 2.65. The zero-order valence-electron chi connectivity index (χ0n) is 17.2. The molecule has 0 radical (unpaired) electrons. The fourth-order valence-electron chi connectivity index (χ4n) is 4.00. The van der Waals surface area contributed by atoms with Gasteiger partial charge in [0.25, 0.3) is 0 Å². The van der Waals surface area contributed by atoms with Gasteiger partial charge in [-0.25, -0.2) is 0 Å². The van der Waals surface area contributed by atoms with Crippen LogP contribution in [0.3, 0.4) is 0 Å². The zero-order chi connectivity index (χ0) is 20.4. The van der Waals surface area contributed by atoms with Gasteiger partial charge in [0.2, 0.25) is 11.7 Å². The summed E-state index contributed by atoms with van der Waals surface area (Å²) in [7, 11) is 1.63. The number of nitrogens with zero attached hydrogens (tertiary/aromatic N) is 3. The third-order valence-electron chi connectivity index (χ3n) is 5.61. The van der Waals surface area contributed by atoms with Gasteiger partial charge < -0.3 is 24.2 Å². The van der Waals surface area contributed by atoms with Crippen molar-refractivity contribution in [3.05, 3.63) is 24.3 Å². The van der Waals surface area contributed by atoms with Crippen LogP contribution in [0.25, 0.3) is 11.4 Å². The van der Waals surface area contributed by atoms with E-state index < -0.39 is 0 Å². The SMILES string of the molecule is COc1ccc(-c2noc(N3CCC(C(=O)NC[C@H]4CC(C)(C)O4)CC3)n2)cc1. The van der Waals surface area contributed by atoms with Gasteiger partial charge in [-0.1, -0.05) is 5.16 Å². The number of rotatable bonds is 6. The molecule has 2 saturated heterocycles. The van der Waals surface area contributed by atoms with E-state index >= 15 is 0 Å². The minimum atomic E-state index is -0.0461. The van der Waals surface area contributed by atoms with Crippen LogP contribution >= 0.6 is 0 Å². The Morgan fingerprint density at radius 2 is 1.97 bits per heavy atom. The van der Waals surface area contributed by atoms with Crippen molar-refractivity contribution in [3.8, 4) is 17.1 Å². The maximum atomic E-state index is 12.4. The molecule has 0 saturated carbocycles. The molecule has 3 heterocycles. The van der Waals surface area contributed by atoms with E-state index in [1.807, 2.05) is 29.2 Å². The van der Waals surface area contributed by atoms with Crippen LogP contribution in [0.15, 0.2) is 28.8 Å². The third kappa shape index (κ3) is 4.53. The van der Waals surface area contributed by atoms with Crippen LogP contribution in [-0.4, -0.2) is 54.5 Å². The predicted molar refractivity (Wildman–Crippen MR) is 108 cm³/mol. The van der Waals surface area contributed by atoms with E-state index in [0.29, 0.717) is 18.4 Å². The topological polar surface area (TPSA) is 89.7 Å². The molecule has 2 fully saturated rings. The average Bonchev–Trinajstić information content (AvgIpc) is 3.21. The monoisotopic (exact) mass is 400 g/mol. The van der Waals surface area contributed by atoms with E-state index in [0.717, 1.165) is 43.7 Å². The molecular formula is C21H28N4O4. The molecule has 2 aliphatic heterocycles. The summed E-state index contributed by atoms with van der Waals surface area (Å²) in [4.78, 5) is 19.0. The lowest BCUT2D eigenvalue weighted by atomic mass is 9.92. The second-order valence-electron chi connectivity index (χ2n) is 8.34. The summed E-state index contributed by atoms with van der Waals surface area (Å²) in [5.41, 5.74) is 0.826. The summed E-state index contributed by atoms with van der Waals surface area (Å²) in [5.74, 6) is 1.46. The smallest absolute Gasteiger partial charge is 0.324 e. The molecule has 2 aromatic rings. The second kappa shape index (κ2) is 8.02. The van der Waals surface area contributed by atoms with Crippen LogP contribution < -0.4 is 15.0 Å². The number of methoxy groups -OCH3 is 1. The number of hydrogen-bond acceptors (Lipinski definition) is 7. The molecule has 0 spiro atoms. The Morgan fingerprint density at radius 1 is 1.28 bits per heavy atom. The van der Waals surface area contributed by atoms with E-state index in [-0.39, 0.29) is 23.5 Å². The molecule has 1 aromatic carbocycles. The maximum absolute atomic E-state index is 12.4. The minimum absolute atomic E-state index is 0.0170. The van der Waals surface area contributed by atoms with Crippen molar-refractivity contribution < 1.29 is 18.8 Å². The van der Waals surface area contributed by atoms with Crippen LogP contribution in [-0.2, 0) is 9.53 Å². The summed E-state index contributed by atoms with van der Waals surface area (Å²) in [5, 5.41) is 7.12. The first-order valence-corrected chi connectivity index (χ1v) is 10.1. The van der Waals surface area contributed by atoms with E-state index in [1.54, 1.807) is 7.11 Å². The number of carbonyl (C=O) groups is 1. The number of hydrogen-bond donors (Lipinski definition) is 1.